The summed E-state index contributed by atoms with van der Waals surface area (Å²) < 4.78 is 0. The molecule has 0 aliphatic rings. The van der Waals surface area contributed by atoms with Crippen molar-refractivity contribution in [2.75, 3.05) is 18.9 Å². The van der Waals surface area contributed by atoms with Crippen LogP contribution in [-0.4, -0.2) is 30.2 Å². The third-order valence-corrected chi connectivity index (χ3v) is 3.17. The SMILES string of the molecule is CCC(=O)N(CCC#N)/N=C(/C)c1cc(Cl)ccc1NC. The van der Waals surface area contributed by atoms with Crippen molar-refractivity contribution in [3.63, 3.8) is 0 Å². The van der Waals surface area contributed by atoms with Gasteiger partial charge in [-0.05, 0) is 25.1 Å². The molecule has 1 amide bonds. The number of nitrogens with zero attached hydrogens (tertiary/aromatic N) is 3. The minimum atomic E-state index is -0.113. The lowest BCUT2D eigenvalue weighted by Crippen LogP contribution is -2.27. The van der Waals surface area contributed by atoms with E-state index in [1.54, 1.807) is 19.1 Å². The van der Waals surface area contributed by atoms with Crippen LogP contribution in [0.2, 0.25) is 5.02 Å². The summed E-state index contributed by atoms with van der Waals surface area (Å²) in [7, 11) is 1.81. The van der Waals surface area contributed by atoms with Crippen LogP contribution in [0, 0.1) is 11.3 Å². The molecule has 6 heteroatoms. The van der Waals surface area contributed by atoms with E-state index < -0.39 is 0 Å². The first-order chi connectivity index (χ1) is 10.0. The molecular weight excluding hydrogens is 288 g/mol. The lowest BCUT2D eigenvalue weighted by atomic mass is 10.1. The highest BCUT2D eigenvalue weighted by Crippen LogP contribution is 2.21. The Bertz CT molecular complexity index is 578. The quantitative estimate of drug-likeness (QED) is 0.648. The summed E-state index contributed by atoms with van der Waals surface area (Å²) in [6.07, 6.45) is 0.591. The summed E-state index contributed by atoms with van der Waals surface area (Å²) >= 11 is 6.02. The number of hydrogen-bond acceptors (Lipinski definition) is 4. The minimum absolute atomic E-state index is 0.113. The largest absolute Gasteiger partial charge is 0.388 e. The van der Waals surface area contributed by atoms with Crippen LogP contribution in [0.1, 0.15) is 32.3 Å². The van der Waals surface area contributed by atoms with Gasteiger partial charge in [0.2, 0.25) is 5.91 Å². The number of amides is 1. The van der Waals surface area contributed by atoms with Gasteiger partial charge in [-0.25, -0.2) is 5.01 Å². The molecule has 1 rings (SSSR count). The monoisotopic (exact) mass is 306 g/mol. The van der Waals surface area contributed by atoms with Crippen molar-refractivity contribution in [1.82, 2.24) is 5.01 Å². The number of nitrogens with one attached hydrogen (secondary N) is 1. The van der Waals surface area contributed by atoms with Crippen molar-refractivity contribution < 1.29 is 4.79 Å². The first kappa shape index (κ1) is 17.0. The topological polar surface area (TPSA) is 68.5 Å². The summed E-state index contributed by atoms with van der Waals surface area (Å²) in [6.45, 7) is 3.87. The number of anilines is 1. The average molecular weight is 307 g/mol. The first-order valence-corrected chi connectivity index (χ1v) is 7.11. The van der Waals surface area contributed by atoms with Crippen molar-refractivity contribution in [3.05, 3.63) is 28.8 Å². The van der Waals surface area contributed by atoms with Crippen LogP contribution < -0.4 is 5.32 Å². The van der Waals surface area contributed by atoms with Crippen molar-refractivity contribution in [2.45, 2.75) is 26.7 Å². The molecule has 0 bridgehead atoms. The molecule has 0 spiro atoms. The van der Waals surface area contributed by atoms with E-state index >= 15 is 0 Å². The fourth-order valence-electron chi connectivity index (χ4n) is 1.84. The zero-order valence-corrected chi connectivity index (χ0v) is 13.2. The van der Waals surface area contributed by atoms with Crippen molar-refractivity contribution in [3.8, 4) is 6.07 Å². The van der Waals surface area contributed by atoms with Gasteiger partial charge in [0.05, 0.1) is 24.7 Å². The summed E-state index contributed by atoms with van der Waals surface area (Å²) in [5.41, 5.74) is 2.38. The van der Waals surface area contributed by atoms with E-state index in [-0.39, 0.29) is 18.9 Å². The molecule has 0 fully saturated rings. The number of hydrogen-bond donors (Lipinski definition) is 1. The molecule has 0 saturated carbocycles. The number of nitriles is 1. The van der Waals surface area contributed by atoms with Gasteiger partial charge in [0.15, 0.2) is 0 Å². The zero-order valence-electron chi connectivity index (χ0n) is 12.5. The van der Waals surface area contributed by atoms with Crippen LogP contribution in [-0.2, 0) is 4.79 Å². The van der Waals surface area contributed by atoms with E-state index in [1.165, 1.54) is 5.01 Å². The van der Waals surface area contributed by atoms with Crippen LogP contribution in [0.25, 0.3) is 0 Å². The van der Waals surface area contributed by atoms with Gasteiger partial charge in [0.25, 0.3) is 0 Å². The summed E-state index contributed by atoms with van der Waals surface area (Å²) in [5.74, 6) is -0.113. The second kappa shape index (κ2) is 8.28. The lowest BCUT2D eigenvalue weighted by Gasteiger charge is -2.17. The molecule has 0 saturated heterocycles. The molecule has 5 nitrogen and oxygen atoms in total. The van der Waals surface area contributed by atoms with E-state index in [9.17, 15) is 4.79 Å². The zero-order chi connectivity index (χ0) is 15.8. The molecule has 0 heterocycles. The Morgan fingerprint density at radius 1 is 1.52 bits per heavy atom. The third kappa shape index (κ3) is 4.76. The molecule has 1 N–H and O–H groups in total. The fourth-order valence-corrected chi connectivity index (χ4v) is 2.01. The summed E-state index contributed by atoms with van der Waals surface area (Å²) in [6, 6.07) is 7.47. The maximum absolute atomic E-state index is 11.9. The van der Waals surface area contributed by atoms with Gasteiger partial charge in [0.1, 0.15) is 0 Å². The molecule has 0 aliphatic carbocycles. The van der Waals surface area contributed by atoms with Gasteiger partial charge in [-0.2, -0.15) is 10.4 Å². The highest BCUT2D eigenvalue weighted by Gasteiger charge is 2.12. The van der Waals surface area contributed by atoms with Gasteiger partial charge in [-0.15, -0.1) is 0 Å². The van der Waals surface area contributed by atoms with Crippen LogP contribution in [0.3, 0.4) is 0 Å². The molecule has 0 unspecified atom stereocenters. The molecule has 1 aromatic carbocycles. The van der Waals surface area contributed by atoms with E-state index in [4.69, 9.17) is 16.9 Å². The van der Waals surface area contributed by atoms with E-state index in [2.05, 4.69) is 10.4 Å². The van der Waals surface area contributed by atoms with Crippen LogP contribution in [0.4, 0.5) is 5.69 Å². The maximum atomic E-state index is 11.9. The Labute approximate surface area is 130 Å². The average Bonchev–Trinajstić information content (AvgIpc) is 2.50. The van der Waals surface area contributed by atoms with Gasteiger partial charge in [-0.1, -0.05) is 18.5 Å². The molecule has 0 radical (unpaired) electrons. The molecule has 1 aromatic rings. The Hall–Kier alpha value is -2.06. The second-order valence-corrected chi connectivity index (χ2v) is 4.84. The standard InChI is InChI=1S/C15H19ClN4O/c1-4-15(21)20(9-5-8-17)19-11(2)13-10-12(16)6-7-14(13)18-3/h6-7,10,18H,4-5,9H2,1-3H3/b19-11-. The van der Waals surface area contributed by atoms with E-state index in [0.717, 1.165) is 11.3 Å². The van der Waals surface area contributed by atoms with E-state index in [0.29, 0.717) is 17.2 Å². The van der Waals surface area contributed by atoms with E-state index in [1.807, 2.05) is 26.1 Å². The van der Waals surface area contributed by atoms with Gasteiger partial charge in [-0.3, -0.25) is 4.79 Å². The van der Waals surface area contributed by atoms with Crippen LogP contribution in [0.15, 0.2) is 23.3 Å². The number of rotatable bonds is 6. The number of carbonyl (C=O) groups excluding carboxylic acids is 1. The second-order valence-electron chi connectivity index (χ2n) is 4.40. The normalized spacial score (nSPS) is 10.9. The molecular formula is C15H19ClN4O. The molecule has 0 atom stereocenters. The number of hydrazone groups is 1. The first-order valence-electron chi connectivity index (χ1n) is 6.73. The smallest absolute Gasteiger partial charge is 0.242 e. The van der Waals surface area contributed by atoms with Crippen molar-refractivity contribution >= 4 is 28.9 Å². The highest BCUT2D eigenvalue weighted by molar-refractivity contribution is 6.31. The van der Waals surface area contributed by atoms with Crippen molar-refractivity contribution in [1.29, 1.82) is 5.26 Å². The third-order valence-electron chi connectivity index (χ3n) is 2.94. The maximum Gasteiger partial charge on any atom is 0.242 e. The molecule has 112 valence electrons. The predicted molar refractivity (Wildman–Crippen MR) is 85.4 cm³/mol. The molecule has 0 aromatic heterocycles. The Morgan fingerprint density at radius 3 is 2.81 bits per heavy atom. The fraction of sp³-hybridized carbons (Fsp3) is 0.400. The Morgan fingerprint density at radius 2 is 2.24 bits per heavy atom. The van der Waals surface area contributed by atoms with Crippen LogP contribution in [0.5, 0.6) is 0 Å². The van der Waals surface area contributed by atoms with Crippen LogP contribution >= 0.6 is 11.6 Å². The Balaban J connectivity index is 3.13. The predicted octanol–water partition coefficient (Wildman–Crippen LogP) is 3.26. The van der Waals surface area contributed by atoms with Gasteiger partial charge < -0.3 is 5.32 Å². The number of benzene rings is 1. The Kier molecular flexibility index (Phi) is 6.70. The summed E-state index contributed by atoms with van der Waals surface area (Å²) in [5, 5.41) is 18.0. The van der Waals surface area contributed by atoms with Gasteiger partial charge in [0, 0.05) is 29.7 Å². The molecule has 21 heavy (non-hydrogen) atoms. The van der Waals surface area contributed by atoms with Gasteiger partial charge >= 0.3 is 0 Å². The number of halogens is 1. The molecule has 0 aliphatic heterocycles. The van der Waals surface area contributed by atoms with Crippen molar-refractivity contribution in [2.24, 2.45) is 5.10 Å². The number of carbonyl (C=O) groups is 1. The lowest BCUT2D eigenvalue weighted by molar-refractivity contribution is -0.130. The highest BCUT2D eigenvalue weighted by atomic mass is 35.5. The summed E-state index contributed by atoms with van der Waals surface area (Å²) in [4.78, 5) is 11.9. The minimum Gasteiger partial charge on any atom is -0.388 e.